The van der Waals surface area contributed by atoms with Crippen LogP contribution in [0, 0.1) is 0 Å². The van der Waals surface area contributed by atoms with Crippen LogP contribution in [-0.2, 0) is 0 Å². The Balaban J connectivity index is 2.95. The van der Waals surface area contributed by atoms with Gasteiger partial charge in [0.15, 0.2) is 0 Å². The molecule has 1 rings (SSSR count). The van der Waals surface area contributed by atoms with Gasteiger partial charge in [0.1, 0.15) is 0 Å². The van der Waals surface area contributed by atoms with Gasteiger partial charge in [0.25, 0.3) is 5.91 Å². The fourth-order valence-corrected chi connectivity index (χ4v) is 1.30. The molecule has 5 nitrogen and oxygen atoms in total. The second kappa shape index (κ2) is 4.85. The largest absolute Gasteiger partial charge is 0.397 e. The van der Waals surface area contributed by atoms with Crippen molar-refractivity contribution in [2.45, 2.75) is 0 Å². The van der Waals surface area contributed by atoms with Crippen LogP contribution in [0.2, 0.25) is 0 Å². The first-order valence-electron chi connectivity index (χ1n) is 4.97. The van der Waals surface area contributed by atoms with Crippen molar-refractivity contribution in [2.75, 3.05) is 39.4 Å². The SMILES string of the molecule is CN(C)Nc1ccc(C(=O)N(C)C)cc1N. The van der Waals surface area contributed by atoms with Crippen molar-refractivity contribution >= 4 is 17.3 Å². The van der Waals surface area contributed by atoms with Crippen LogP contribution in [0.3, 0.4) is 0 Å². The van der Waals surface area contributed by atoms with Gasteiger partial charge in [-0.3, -0.25) is 4.79 Å². The van der Waals surface area contributed by atoms with Gasteiger partial charge in [-0.05, 0) is 18.2 Å². The van der Waals surface area contributed by atoms with Gasteiger partial charge in [-0.25, -0.2) is 5.01 Å². The second-order valence-corrected chi connectivity index (χ2v) is 4.01. The number of anilines is 2. The molecular weight excluding hydrogens is 204 g/mol. The van der Waals surface area contributed by atoms with E-state index in [2.05, 4.69) is 5.43 Å². The lowest BCUT2D eigenvalue weighted by Crippen LogP contribution is -2.23. The molecule has 0 aromatic heterocycles. The van der Waals surface area contributed by atoms with Crippen LogP contribution in [0.15, 0.2) is 18.2 Å². The van der Waals surface area contributed by atoms with Crippen LogP contribution in [0.4, 0.5) is 11.4 Å². The van der Waals surface area contributed by atoms with Crippen LogP contribution in [0.5, 0.6) is 0 Å². The van der Waals surface area contributed by atoms with E-state index in [0.717, 1.165) is 5.69 Å². The number of rotatable bonds is 3. The molecule has 0 aliphatic carbocycles. The van der Waals surface area contributed by atoms with E-state index < -0.39 is 0 Å². The highest BCUT2D eigenvalue weighted by Gasteiger charge is 2.09. The quantitative estimate of drug-likeness (QED) is 0.588. The Morgan fingerprint density at radius 1 is 1.25 bits per heavy atom. The van der Waals surface area contributed by atoms with Crippen LogP contribution >= 0.6 is 0 Å². The Morgan fingerprint density at radius 3 is 2.31 bits per heavy atom. The number of hydrogen-bond acceptors (Lipinski definition) is 4. The van der Waals surface area contributed by atoms with Crippen LogP contribution < -0.4 is 11.2 Å². The minimum Gasteiger partial charge on any atom is -0.397 e. The maximum atomic E-state index is 11.7. The summed E-state index contributed by atoms with van der Waals surface area (Å²) in [5.41, 5.74) is 10.8. The molecule has 3 N–H and O–H groups in total. The van der Waals surface area contributed by atoms with E-state index >= 15 is 0 Å². The van der Waals surface area contributed by atoms with Crippen molar-refractivity contribution in [1.29, 1.82) is 0 Å². The molecule has 88 valence electrons. The number of hydrogen-bond donors (Lipinski definition) is 2. The highest BCUT2D eigenvalue weighted by molar-refractivity contribution is 5.95. The molecule has 16 heavy (non-hydrogen) atoms. The summed E-state index contributed by atoms with van der Waals surface area (Å²) in [5, 5.41) is 1.79. The number of benzene rings is 1. The lowest BCUT2D eigenvalue weighted by Gasteiger charge is -2.16. The number of hydrazine groups is 1. The molecule has 1 aromatic rings. The van der Waals surface area contributed by atoms with E-state index in [-0.39, 0.29) is 5.91 Å². The van der Waals surface area contributed by atoms with Crippen LogP contribution in [-0.4, -0.2) is 44.0 Å². The molecule has 0 bridgehead atoms. The van der Waals surface area contributed by atoms with Gasteiger partial charge in [-0.1, -0.05) is 0 Å². The molecule has 1 aromatic carbocycles. The van der Waals surface area contributed by atoms with Crippen molar-refractivity contribution in [3.8, 4) is 0 Å². The first-order chi connectivity index (χ1) is 7.41. The molecule has 1 amide bonds. The zero-order valence-corrected chi connectivity index (χ0v) is 10.1. The van der Waals surface area contributed by atoms with Crippen molar-refractivity contribution in [1.82, 2.24) is 9.91 Å². The molecule has 0 saturated carbocycles. The number of nitrogens with two attached hydrogens (primary N) is 1. The molecule has 0 aliphatic rings. The lowest BCUT2D eigenvalue weighted by atomic mass is 10.1. The first-order valence-corrected chi connectivity index (χ1v) is 4.97. The van der Waals surface area contributed by atoms with Gasteiger partial charge in [0, 0.05) is 33.8 Å². The number of carbonyl (C=O) groups is 1. The summed E-state index contributed by atoms with van der Waals surface area (Å²) in [6, 6.07) is 5.23. The average Bonchev–Trinajstić information content (AvgIpc) is 2.19. The Hall–Kier alpha value is -1.75. The van der Waals surface area contributed by atoms with Crippen molar-refractivity contribution in [3.05, 3.63) is 23.8 Å². The Morgan fingerprint density at radius 2 is 1.88 bits per heavy atom. The molecule has 5 heteroatoms. The van der Waals surface area contributed by atoms with E-state index in [1.165, 1.54) is 4.90 Å². The van der Waals surface area contributed by atoms with Gasteiger partial charge in [0.05, 0.1) is 11.4 Å². The molecule has 0 fully saturated rings. The predicted octanol–water partition coefficient (Wildman–Crippen LogP) is 0.859. The normalized spacial score (nSPS) is 10.3. The molecule has 0 aliphatic heterocycles. The van der Waals surface area contributed by atoms with E-state index in [1.807, 2.05) is 14.1 Å². The summed E-state index contributed by atoms with van der Waals surface area (Å²) in [7, 11) is 7.17. The monoisotopic (exact) mass is 222 g/mol. The lowest BCUT2D eigenvalue weighted by molar-refractivity contribution is 0.0827. The molecule has 0 saturated heterocycles. The number of nitrogens with one attached hydrogen (secondary N) is 1. The summed E-state index contributed by atoms with van der Waals surface area (Å²) < 4.78 is 0. The smallest absolute Gasteiger partial charge is 0.253 e. The van der Waals surface area contributed by atoms with Crippen LogP contribution in [0.1, 0.15) is 10.4 Å². The maximum absolute atomic E-state index is 11.7. The molecule has 0 spiro atoms. The average molecular weight is 222 g/mol. The summed E-state index contributed by atoms with van der Waals surface area (Å²) >= 11 is 0. The van der Waals surface area contributed by atoms with Gasteiger partial charge >= 0.3 is 0 Å². The number of nitrogens with zero attached hydrogens (tertiary/aromatic N) is 2. The predicted molar refractivity (Wildman–Crippen MR) is 66.2 cm³/mol. The second-order valence-electron chi connectivity index (χ2n) is 4.01. The number of nitrogen functional groups attached to an aromatic ring is 1. The first kappa shape index (κ1) is 12.3. The Labute approximate surface area is 95.8 Å². The summed E-state index contributed by atoms with van der Waals surface area (Å²) in [6.07, 6.45) is 0. The maximum Gasteiger partial charge on any atom is 0.253 e. The molecule has 0 heterocycles. The van der Waals surface area contributed by atoms with E-state index in [0.29, 0.717) is 11.3 Å². The Kier molecular flexibility index (Phi) is 3.73. The highest BCUT2D eigenvalue weighted by Crippen LogP contribution is 2.20. The van der Waals surface area contributed by atoms with E-state index in [9.17, 15) is 4.79 Å². The van der Waals surface area contributed by atoms with Crippen molar-refractivity contribution in [2.24, 2.45) is 0 Å². The topological polar surface area (TPSA) is 61.6 Å². The minimum absolute atomic E-state index is 0.0527. The fourth-order valence-electron chi connectivity index (χ4n) is 1.30. The molecule has 0 radical (unpaired) electrons. The third kappa shape index (κ3) is 2.87. The van der Waals surface area contributed by atoms with Crippen molar-refractivity contribution < 1.29 is 4.79 Å². The number of amides is 1. The summed E-state index contributed by atoms with van der Waals surface area (Å²) in [5.74, 6) is -0.0527. The van der Waals surface area contributed by atoms with Gasteiger partial charge < -0.3 is 16.1 Å². The Bertz CT molecular complexity index is 388. The van der Waals surface area contributed by atoms with Crippen molar-refractivity contribution in [3.63, 3.8) is 0 Å². The van der Waals surface area contributed by atoms with Gasteiger partial charge in [0.2, 0.25) is 0 Å². The zero-order chi connectivity index (χ0) is 12.3. The van der Waals surface area contributed by atoms with E-state index in [1.54, 1.807) is 37.3 Å². The van der Waals surface area contributed by atoms with Crippen LogP contribution in [0.25, 0.3) is 0 Å². The third-order valence-electron chi connectivity index (χ3n) is 2.05. The summed E-state index contributed by atoms with van der Waals surface area (Å²) in [6.45, 7) is 0. The van der Waals surface area contributed by atoms with Gasteiger partial charge in [-0.2, -0.15) is 0 Å². The number of carbonyl (C=O) groups excluding carboxylic acids is 1. The zero-order valence-electron chi connectivity index (χ0n) is 10.1. The molecular formula is C11H18N4O. The molecule has 0 unspecified atom stereocenters. The third-order valence-corrected chi connectivity index (χ3v) is 2.05. The minimum atomic E-state index is -0.0527. The fraction of sp³-hybridized carbons (Fsp3) is 0.364. The highest BCUT2D eigenvalue weighted by atomic mass is 16.2. The van der Waals surface area contributed by atoms with Gasteiger partial charge in [-0.15, -0.1) is 0 Å². The summed E-state index contributed by atoms with van der Waals surface area (Å²) in [4.78, 5) is 13.2. The van der Waals surface area contributed by atoms with E-state index in [4.69, 9.17) is 5.73 Å². The molecule has 0 atom stereocenters. The standard InChI is InChI=1S/C11H18N4O/c1-14(2)11(16)8-5-6-10(9(12)7-8)13-15(3)4/h5-7,13H,12H2,1-4H3.